The molecule has 1 fully saturated rings. The molecule has 0 bridgehead atoms. The van der Waals surface area contributed by atoms with Gasteiger partial charge in [-0.3, -0.25) is 19.3 Å². The topological polar surface area (TPSA) is 87.7 Å². The van der Waals surface area contributed by atoms with Gasteiger partial charge in [-0.15, -0.1) is 0 Å². The van der Waals surface area contributed by atoms with Crippen molar-refractivity contribution in [1.29, 1.82) is 0 Å². The predicted octanol–water partition coefficient (Wildman–Crippen LogP) is 2.93. The number of para-hydroxylation sites is 1. The van der Waals surface area contributed by atoms with Crippen LogP contribution in [0.4, 0.5) is 11.4 Å². The molecule has 9 heteroatoms. The molecule has 152 valence electrons. The normalized spacial score (nSPS) is 17.8. The maximum Gasteiger partial charge on any atom is 0.264 e. The largest absolute Gasteiger partial charge is 0.494 e. The molecule has 4 rings (SSSR count). The molecule has 2 heterocycles. The third-order valence-electron chi connectivity index (χ3n) is 4.52. The van der Waals surface area contributed by atoms with Crippen LogP contribution in [-0.4, -0.2) is 35.2 Å². The number of hydrogen-bond acceptors (Lipinski definition) is 6. The van der Waals surface area contributed by atoms with Gasteiger partial charge >= 0.3 is 0 Å². The monoisotopic (exact) mass is 439 g/mol. The molecule has 30 heavy (non-hydrogen) atoms. The first-order valence-electron chi connectivity index (χ1n) is 9.19. The van der Waals surface area contributed by atoms with E-state index >= 15 is 0 Å². The highest BCUT2D eigenvalue weighted by Gasteiger charge is 2.39. The molecule has 0 unspecified atom stereocenters. The zero-order valence-electron chi connectivity index (χ0n) is 15.9. The summed E-state index contributed by atoms with van der Waals surface area (Å²) in [7, 11) is 0. The molecule has 2 aliphatic rings. The molecule has 0 saturated carbocycles. The first kappa shape index (κ1) is 20.1. The molecule has 3 amide bonds. The number of thiocarbonyl (C=S) groups is 1. The van der Waals surface area contributed by atoms with E-state index in [-0.39, 0.29) is 22.9 Å². The molecule has 0 aromatic heterocycles. The Balaban J connectivity index is 1.57. The fourth-order valence-corrected chi connectivity index (χ4v) is 4.40. The van der Waals surface area contributed by atoms with Gasteiger partial charge in [0.1, 0.15) is 16.6 Å². The predicted molar refractivity (Wildman–Crippen MR) is 120 cm³/mol. The van der Waals surface area contributed by atoms with Gasteiger partial charge in [0.2, 0.25) is 5.91 Å². The second-order valence-electron chi connectivity index (χ2n) is 6.46. The summed E-state index contributed by atoms with van der Waals surface area (Å²) in [6.45, 7) is 2.27. The van der Waals surface area contributed by atoms with Gasteiger partial charge in [-0.1, -0.05) is 42.2 Å². The number of thioether (sulfide) groups is 1. The number of nitrogens with zero attached hydrogens (tertiary/aromatic N) is 1. The number of hydrogen-bond donors (Lipinski definition) is 2. The fraction of sp³-hybridized carbons (Fsp3) is 0.143. The van der Waals surface area contributed by atoms with Crippen molar-refractivity contribution in [2.45, 2.75) is 6.92 Å². The van der Waals surface area contributed by atoms with Crippen LogP contribution in [0.3, 0.4) is 0 Å². The molecule has 2 N–H and O–H groups in total. The lowest BCUT2D eigenvalue weighted by Crippen LogP contribution is -2.35. The molecule has 7 nitrogen and oxygen atoms in total. The van der Waals surface area contributed by atoms with Gasteiger partial charge in [-0.25, -0.2) is 0 Å². The second kappa shape index (κ2) is 8.29. The van der Waals surface area contributed by atoms with Gasteiger partial charge in [0, 0.05) is 11.3 Å². The van der Waals surface area contributed by atoms with E-state index in [0.717, 1.165) is 11.8 Å². The fourth-order valence-electron chi connectivity index (χ4n) is 3.28. The second-order valence-corrected chi connectivity index (χ2v) is 8.15. The SMILES string of the molecule is CCOc1ccc(NC(=O)CN2C(=O)/C(=C3/SC(=S)NC3=O)c3ccccc32)cc1. The highest BCUT2D eigenvalue weighted by Crippen LogP contribution is 2.42. The molecule has 1 saturated heterocycles. The van der Waals surface area contributed by atoms with Crippen LogP contribution in [0.2, 0.25) is 0 Å². The number of rotatable bonds is 5. The number of fused-ring (bicyclic) bond motifs is 1. The van der Waals surface area contributed by atoms with Crippen LogP contribution < -0.4 is 20.3 Å². The van der Waals surface area contributed by atoms with Gasteiger partial charge in [-0.05, 0) is 37.3 Å². The number of amides is 3. The van der Waals surface area contributed by atoms with Gasteiger partial charge in [0.15, 0.2) is 0 Å². The minimum absolute atomic E-state index is 0.184. The van der Waals surface area contributed by atoms with Crippen molar-refractivity contribution in [2.24, 2.45) is 0 Å². The molecule has 2 aliphatic heterocycles. The van der Waals surface area contributed by atoms with Gasteiger partial charge in [0.25, 0.3) is 11.8 Å². The molecule has 2 aromatic carbocycles. The van der Waals surface area contributed by atoms with Gasteiger partial charge in [0.05, 0.1) is 22.8 Å². The van der Waals surface area contributed by atoms with Crippen LogP contribution in [-0.2, 0) is 14.4 Å². The van der Waals surface area contributed by atoms with Crippen molar-refractivity contribution in [3.63, 3.8) is 0 Å². The average Bonchev–Trinajstić information content (AvgIpc) is 3.19. The van der Waals surface area contributed by atoms with Crippen molar-refractivity contribution < 1.29 is 19.1 Å². The Kier molecular flexibility index (Phi) is 5.56. The van der Waals surface area contributed by atoms with Crippen LogP contribution >= 0.6 is 24.0 Å². The Labute approximate surface area is 182 Å². The molecule has 0 atom stereocenters. The summed E-state index contributed by atoms with van der Waals surface area (Å²) < 4.78 is 5.69. The van der Waals surface area contributed by atoms with Crippen LogP contribution in [0.25, 0.3) is 5.57 Å². The smallest absolute Gasteiger partial charge is 0.264 e. The van der Waals surface area contributed by atoms with Crippen LogP contribution in [0.1, 0.15) is 12.5 Å². The summed E-state index contributed by atoms with van der Waals surface area (Å²) in [5, 5.41) is 5.31. The number of anilines is 2. The minimum atomic E-state index is -0.402. The van der Waals surface area contributed by atoms with E-state index in [1.165, 1.54) is 4.90 Å². The van der Waals surface area contributed by atoms with Crippen LogP contribution in [0.15, 0.2) is 53.4 Å². The zero-order valence-corrected chi connectivity index (χ0v) is 17.6. The maximum absolute atomic E-state index is 13.1. The third-order valence-corrected chi connectivity index (χ3v) is 5.75. The molecular formula is C21H17N3O4S2. The molecular weight excluding hydrogens is 422 g/mol. The Hall–Kier alpha value is -3.17. The maximum atomic E-state index is 13.1. The Morgan fingerprint density at radius 2 is 1.90 bits per heavy atom. The van der Waals surface area contributed by atoms with E-state index in [4.69, 9.17) is 17.0 Å². The number of ether oxygens (including phenoxy) is 1. The Morgan fingerprint density at radius 3 is 2.57 bits per heavy atom. The van der Waals surface area contributed by atoms with E-state index in [1.54, 1.807) is 48.5 Å². The summed E-state index contributed by atoms with van der Waals surface area (Å²) in [6, 6.07) is 14.1. The van der Waals surface area contributed by atoms with Crippen LogP contribution in [0, 0.1) is 0 Å². The van der Waals surface area contributed by atoms with Crippen molar-refractivity contribution in [2.75, 3.05) is 23.4 Å². The quantitative estimate of drug-likeness (QED) is 0.550. The molecule has 0 radical (unpaired) electrons. The first-order valence-corrected chi connectivity index (χ1v) is 10.4. The lowest BCUT2D eigenvalue weighted by Gasteiger charge is -2.17. The highest BCUT2D eigenvalue weighted by molar-refractivity contribution is 8.27. The van der Waals surface area contributed by atoms with E-state index in [0.29, 0.717) is 33.6 Å². The van der Waals surface area contributed by atoms with Crippen molar-refractivity contribution in [3.8, 4) is 5.75 Å². The van der Waals surface area contributed by atoms with Crippen molar-refractivity contribution in [3.05, 3.63) is 59.0 Å². The summed E-state index contributed by atoms with van der Waals surface area (Å²) >= 11 is 6.10. The summed E-state index contributed by atoms with van der Waals surface area (Å²) in [5.74, 6) is -0.447. The number of benzene rings is 2. The van der Waals surface area contributed by atoms with Gasteiger partial charge < -0.3 is 15.4 Å². The number of carbonyl (C=O) groups excluding carboxylic acids is 3. The van der Waals surface area contributed by atoms with Crippen molar-refractivity contribution >= 4 is 63.0 Å². The number of carbonyl (C=O) groups is 3. The Morgan fingerprint density at radius 1 is 1.17 bits per heavy atom. The number of nitrogens with one attached hydrogen (secondary N) is 2. The Bertz CT molecular complexity index is 1100. The standard InChI is InChI=1S/C21H17N3O4S2/c1-2-28-13-9-7-12(8-10-13)22-16(25)11-24-15-6-4-3-5-14(15)17(20(24)27)18-19(26)23-21(29)30-18/h3-10H,2,11H2,1H3,(H,22,25)(H,23,26,29)/b18-17+. The summed E-state index contributed by atoms with van der Waals surface area (Å²) in [6.07, 6.45) is 0. The summed E-state index contributed by atoms with van der Waals surface area (Å²) in [4.78, 5) is 39.6. The van der Waals surface area contributed by atoms with Gasteiger partial charge in [-0.2, -0.15) is 0 Å². The minimum Gasteiger partial charge on any atom is -0.494 e. The van der Waals surface area contributed by atoms with E-state index < -0.39 is 11.8 Å². The van der Waals surface area contributed by atoms with E-state index in [1.807, 2.05) is 6.92 Å². The zero-order chi connectivity index (χ0) is 21.3. The van der Waals surface area contributed by atoms with E-state index in [2.05, 4.69) is 10.6 Å². The summed E-state index contributed by atoms with van der Waals surface area (Å²) in [5.41, 5.74) is 2.05. The lowest BCUT2D eigenvalue weighted by molar-refractivity contribution is -0.118. The average molecular weight is 440 g/mol. The molecule has 0 spiro atoms. The van der Waals surface area contributed by atoms with E-state index in [9.17, 15) is 14.4 Å². The molecule has 2 aromatic rings. The third kappa shape index (κ3) is 3.81. The van der Waals surface area contributed by atoms with Crippen molar-refractivity contribution in [1.82, 2.24) is 5.32 Å². The highest BCUT2D eigenvalue weighted by atomic mass is 32.2. The lowest BCUT2D eigenvalue weighted by atomic mass is 10.1. The first-order chi connectivity index (χ1) is 14.5. The molecule has 0 aliphatic carbocycles. The van der Waals surface area contributed by atoms with Crippen LogP contribution in [0.5, 0.6) is 5.75 Å².